The Morgan fingerprint density at radius 3 is 2.65 bits per heavy atom. The number of halogens is 2. The number of aromatic nitrogens is 3. The molecule has 23 heavy (non-hydrogen) atoms. The van der Waals surface area contributed by atoms with Crippen molar-refractivity contribution in [3.8, 4) is 11.4 Å². The Balaban J connectivity index is 1.85. The summed E-state index contributed by atoms with van der Waals surface area (Å²) < 4.78 is 15.8. The van der Waals surface area contributed by atoms with E-state index >= 15 is 0 Å². The van der Waals surface area contributed by atoms with Gasteiger partial charge in [0.2, 0.25) is 0 Å². The van der Waals surface area contributed by atoms with Gasteiger partial charge in [-0.05, 0) is 24.6 Å². The minimum Gasteiger partial charge on any atom is -0.305 e. The standard InChI is InChI=1S/C17H15ClFN3S/c1-11-6-3-4-7-12(11)16-20-21-17(22(16)2)23-10-13-14(18)8-5-9-15(13)19/h3-9H,10H2,1-2H3. The first-order chi connectivity index (χ1) is 11.1. The van der Waals surface area contributed by atoms with E-state index in [1.54, 1.807) is 12.1 Å². The molecule has 0 saturated heterocycles. The van der Waals surface area contributed by atoms with Crippen molar-refractivity contribution in [3.63, 3.8) is 0 Å². The van der Waals surface area contributed by atoms with E-state index in [4.69, 9.17) is 11.6 Å². The molecular formula is C17H15ClFN3S. The first-order valence-corrected chi connectivity index (χ1v) is 8.45. The molecule has 0 spiro atoms. The first kappa shape index (κ1) is 16.0. The fraction of sp³-hybridized carbons (Fsp3) is 0.176. The maximum Gasteiger partial charge on any atom is 0.191 e. The molecule has 118 valence electrons. The molecule has 0 unspecified atom stereocenters. The predicted octanol–water partition coefficient (Wildman–Crippen LogP) is 4.88. The van der Waals surface area contributed by atoms with E-state index in [0.29, 0.717) is 16.3 Å². The van der Waals surface area contributed by atoms with Gasteiger partial charge < -0.3 is 4.57 Å². The van der Waals surface area contributed by atoms with Crippen LogP contribution >= 0.6 is 23.4 Å². The Labute approximate surface area is 143 Å². The molecule has 0 fully saturated rings. The molecule has 0 bridgehead atoms. The fourth-order valence-corrected chi connectivity index (χ4v) is 3.56. The van der Waals surface area contributed by atoms with Gasteiger partial charge in [0.05, 0.1) is 0 Å². The highest BCUT2D eigenvalue weighted by atomic mass is 35.5. The second-order valence-electron chi connectivity index (χ2n) is 5.17. The number of nitrogens with zero attached hydrogens (tertiary/aromatic N) is 3. The van der Waals surface area contributed by atoms with E-state index < -0.39 is 0 Å². The van der Waals surface area contributed by atoms with E-state index in [1.807, 2.05) is 42.8 Å². The van der Waals surface area contributed by atoms with E-state index in [-0.39, 0.29) is 5.82 Å². The normalized spacial score (nSPS) is 11.0. The van der Waals surface area contributed by atoms with Gasteiger partial charge in [-0.15, -0.1) is 10.2 Å². The minimum absolute atomic E-state index is 0.300. The predicted molar refractivity (Wildman–Crippen MR) is 92.1 cm³/mol. The number of thioether (sulfide) groups is 1. The second kappa shape index (κ2) is 6.72. The summed E-state index contributed by atoms with van der Waals surface area (Å²) in [5.74, 6) is 0.905. The zero-order valence-corrected chi connectivity index (χ0v) is 14.3. The third-order valence-electron chi connectivity index (χ3n) is 3.63. The molecule has 0 atom stereocenters. The molecule has 3 aromatic rings. The number of aryl methyl sites for hydroxylation is 1. The van der Waals surface area contributed by atoms with Crippen LogP contribution in [0.5, 0.6) is 0 Å². The Hall–Kier alpha value is -1.85. The lowest BCUT2D eigenvalue weighted by Gasteiger charge is -2.07. The smallest absolute Gasteiger partial charge is 0.191 e. The topological polar surface area (TPSA) is 30.7 Å². The summed E-state index contributed by atoms with van der Waals surface area (Å²) in [4.78, 5) is 0. The van der Waals surface area contributed by atoms with Gasteiger partial charge >= 0.3 is 0 Å². The molecule has 6 heteroatoms. The zero-order chi connectivity index (χ0) is 16.4. The van der Waals surface area contributed by atoms with Crippen LogP contribution in [-0.4, -0.2) is 14.8 Å². The molecule has 3 nitrogen and oxygen atoms in total. The van der Waals surface area contributed by atoms with Gasteiger partial charge in [0.1, 0.15) is 5.82 Å². The van der Waals surface area contributed by atoms with Crippen LogP contribution in [-0.2, 0) is 12.8 Å². The molecule has 0 aliphatic heterocycles. The number of hydrogen-bond acceptors (Lipinski definition) is 3. The van der Waals surface area contributed by atoms with Crippen LogP contribution < -0.4 is 0 Å². The van der Waals surface area contributed by atoms with E-state index in [1.165, 1.54) is 17.8 Å². The lowest BCUT2D eigenvalue weighted by molar-refractivity contribution is 0.617. The van der Waals surface area contributed by atoms with Crippen molar-refractivity contribution in [2.24, 2.45) is 7.05 Å². The zero-order valence-electron chi connectivity index (χ0n) is 12.8. The van der Waals surface area contributed by atoms with Crippen molar-refractivity contribution in [1.29, 1.82) is 0 Å². The molecule has 0 aliphatic carbocycles. The molecule has 2 aromatic carbocycles. The van der Waals surface area contributed by atoms with E-state index in [0.717, 1.165) is 22.1 Å². The molecule has 1 aromatic heterocycles. The molecule has 0 N–H and O–H groups in total. The van der Waals surface area contributed by atoms with Crippen molar-refractivity contribution < 1.29 is 4.39 Å². The molecule has 0 saturated carbocycles. The lowest BCUT2D eigenvalue weighted by atomic mass is 10.1. The Kier molecular flexibility index (Phi) is 4.68. The SMILES string of the molecule is Cc1ccccc1-c1nnc(SCc2c(F)cccc2Cl)n1C. The van der Waals surface area contributed by atoms with Crippen molar-refractivity contribution >= 4 is 23.4 Å². The van der Waals surface area contributed by atoms with Gasteiger partial charge in [-0.25, -0.2) is 4.39 Å². The number of hydrogen-bond donors (Lipinski definition) is 0. The molecule has 0 radical (unpaired) electrons. The van der Waals surface area contributed by atoms with Crippen LogP contribution in [0.25, 0.3) is 11.4 Å². The van der Waals surface area contributed by atoms with Crippen LogP contribution in [0.1, 0.15) is 11.1 Å². The van der Waals surface area contributed by atoms with Gasteiger partial charge in [0.15, 0.2) is 11.0 Å². The van der Waals surface area contributed by atoms with Crippen LogP contribution in [0.15, 0.2) is 47.6 Å². The summed E-state index contributed by atoms with van der Waals surface area (Å²) in [6.07, 6.45) is 0. The highest BCUT2D eigenvalue weighted by Gasteiger charge is 2.14. The Morgan fingerprint density at radius 1 is 1.13 bits per heavy atom. The summed E-state index contributed by atoms with van der Waals surface area (Å²) in [6.45, 7) is 2.04. The maximum atomic E-state index is 13.8. The molecule has 0 aliphatic rings. The van der Waals surface area contributed by atoms with Gasteiger partial charge in [-0.1, -0.05) is 53.7 Å². The van der Waals surface area contributed by atoms with Gasteiger partial charge in [0.25, 0.3) is 0 Å². The third-order valence-corrected chi connectivity index (χ3v) is 5.03. The largest absolute Gasteiger partial charge is 0.305 e. The van der Waals surface area contributed by atoms with Gasteiger partial charge in [0, 0.05) is 29.0 Å². The fourth-order valence-electron chi connectivity index (χ4n) is 2.31. The van der Waals surface area contributed by atoms with Gasteiger partial charge in [-0.3, -0.25) is 0 Å². The Bertz CT molecular complexity index is 827. The summed E-state index contributed by atoms with van der Waals surface area (Å²) in [5.41, 5.74) is 2.66. The van der Waals surface area contributed by atoms with Crippen molar-refractivity contribution in [2.45, 2.75) is 17.8 Å². The number of benzene rings is 2. The molecule has 0 amide bonds. The van der Waals surface area contributed by atoms with Crippen LogP contribution in [0.4, 0.5) is 4.39 Å². The molecule has 1 heterocycles. The summed E-state index contributed by atoms with van der Waals surface area (Å²) in [7, 11) is 1.91. The average Bonchev–Trinajstić information content (AvgIpc) is 2.88. The maximum absolute atomic E-state index is 13.8. The van der Waals surface area contributed by atoms with E-state index in [9.17, 15) is 4.39 Å². The van der Waals surface area contributed by atoms with Crippen molar-refractivity contribution in [3.05, 3.63) is 64.4 Å². The summed E-state index contributed by atoms with van der Waals surface area (Å²) >= 11 is 7.48. The highest BCUT2D eigenvalue weighted by molar-refractivity contribution is 7.98. The minimum atomic E-state index is -0.300. The second-order valence-corrected chi connectivity index (χ2v) is 6.52. The van der Waals surface area contributed by atoms with Crippen LogP contribution in [0.3, 0.4) is 0 Å². The summed E-state index contributed by atoms with van der Waals surface area (Å²) in [6, 6.07) is 12.7. The molecular weight excluding hydrogens is 333 g/mol. The monoisotopic (exact) mass is 347 g/mol. The summed E-state index contributed by atoms with van der Waals surface area (Å²) in [5, 5.41) is 9.64. The lowest BCUT2D eigenvalue weighted by Crippen LogP contribution is -1.97. The number of rotatable bonds is 4. The first-order valence-electron chi connectivity index (χ1n) is 7.09. The van der Waals surface area contributed by atoms with Crippen LogP contribution in [0, 0.1) is 12.7 Å². The van der Waals surface area contributed by atoms with Gasteiger partial charge in [-0.2, -0.15) is 0 Å². The average molecular weight is 348 g/mol. The quantitative estimate of drug-likeness (QED) is 0.630. The molecule has 3 rings (SSSR count). The van der Waals surface area contributed by atoms with Crippen molar-refractivity contribution in [2.75, 3.05) is 0 Å². The highest BCUT2D eigenvalue weighted by Crippen LogP contribution is 2.29. The Morgan fingerprint density at radius 2 is 1.91 bits per heavy atom. The third kappa shape index (κ3) is 3.26. The van der Waals surface area contributed by atoms with E-state index in [2.05, 4.69) is 10.2 Å². The van der Waals surface area contributed by atoms with Crippen LogP contribution in [0.2, 0.25) is 5.02 Å². The van der Waals surface area contributed by atoms with Crippen molar-refractivity contribution in [1.82, 2.24) is 14.8 Å².